The zero-order valence-electron chi connectivity index (χ0n) is 8.21. The summed E-state index contributed by atoms with van der Waals surface area (Å²) < 4.78 is 5.14. The number of piperidine rings is 1. The molecule has 2 nitrogen and oxygen atoms in total. The van der Waals surface area contributed by atoms with E-state index in [1.54, 1.807) is 7.11 Å². The average Bonchev–Trinajstić information content (AvgIpc) is 2.33. The highest BCUT2D eigenvalue weighted by Gasteiger charge is 2.39. The van der Waals surface area contributed by atoms with E-state index in [1.165, 1.54) is 25.7 Å². The van der Waals surface area contributed by atoms with Crippen LogP contribution in [0, 0.1) is 0 Å². The summed E-state index contributed by atoms with van der Waals surface area (Å²) in [6.07, 6.45) is 5.47. The number of methoxy groups -OCH3 is 1. The van der Waals surface area contributed by atoms with Crippen molar-refractivity contribution in [2.45, 2.75) is 42.6 Å². The first-order valence-electron chi connectivity index (χ1n) is 5.20. The van der Waals surface area contributed by atoms with E-state index in [-0.39, 0.29) is 0 Å². The van der Waals surface area contributed by atoms with Crippen LogP contribution in [0.3, 0.4) is 0 Å². The maximum Gasteiger partial charge on any atom is 0.0589 e. The van der Waals surface area contributed by atoms with Crippen LogP contribution in [0.25, 0.3) is 0 Å². The highest BCUT2D eigenvalue weighted by atomic mass is 79.9. The molecule has 0 aromatic rings. The van der Waals surface area contributed by atoms with Crippen molar-refractivity contribution in [3.05, 3.63) is 0 Å². The minimum absolute atomic E-state index is 0.767. The lowest BCUT2D eigenvalue weighted by atomic mass is 10.0. The standard InChI is InChI=1S/C10H18BrNO/c1-13-5-4-12-9-2-3-10(12)7-8(11)6-9/h8-10H,2-7H2,1H3. The Morgan fingerprint density at radius 3 is 2.46 bits per heavy atom. The lowest BCUT2D eigenvalue weighted by molar-refractivity contribution is 0.0934. The second-order valence-corrected chi connectivity index (χ2v) is 5.48. The van der Waals surface area contributed by atoms with Crippen LogP contribution in [0.5, 0.6) is 0 Å². The number of fused-ring (bicyclic) bond motifs is 2. The van der Waals surface area contributed by atoms with Crippen molar-refractivity contribution < 1.29 is 4.74 Å². The smallest absolute Gasteiger partial charge is 0.0589 e. The van der Waals surface area contributed by atoms with Crippen molar-refractivity contribution in [2.75, 3.05) is 20.3 Å². The predicted octanol–water partition coefficient (Wildman–Crippen LogP) is 2.02. The molecule has 13 heavy (non-hydrogen) atoms. The molecule has 2 fully saturated rings. The van der Waals surface area contributed by atoms with Gasteiger partial charge in [-0.25, -0.2) is 0 Å². The molecule has 2 aliphatic heterocycles. The Kier molecular flexibility index (Phi) is 3.27. The van der Waals surface area contributed by atoms with Crippen LogP contribution in [-0.2, 0) is 4.74 Å². The van der Waals surface area contributed by atoms with E-state index in [4.69, 9.17) is 4.74 Å². The van der Waals surface area contributed by atoms with E-state index in [0.717, 1.165) is 30.1 Å². The van der Waals surface area contributed by atoms with Crippen LogP contribution in [0.15, 0.2) is 0 Å². The molecule has 2 heterocycles. The van der Waals surface area contributed by atoms with E-state index in [2.05, 4.69) is 20.8 Å². The molecule has 76 valence electrons. The van der Waals surface area contributed by atoms with Crippen molar-refractivity contribution in [3.63, 3.8) is 0 Å². The van der Waals surface area contributed by atoms with Gasteiger partial charge in [0.05, 0.1) is 6.61 Å². The maximum atomic E-state index is 5.14. The fourth-order valence-corrected chi connectivity index (χ4v) is 3.63. The second-order valence-electron chi connectivity index (χ2n) is 4.18. The first kappa shape index (κ1) is 9.94. The number of hydrogen-bond donors (Lipinski definition) is 0. The number of alkyl halides is 1. The molecule has 2 bridgehead atoms. The molecule has 2 rings (SSSR count). The van der Waals surface area contributed by atoms with Gasteiger partial charge in [0.25, 0.3) is 0 Å². The van der Waals surface area contributed by atoms with E-state index in [9.17, 15) is 0 Å². The third kappa shape index (κ3) is 2.08. The molecular formula is C10H18BrNO. The molecule has 2 unspecified atom stereocenters. The first-order chi connectivity index (χ1) is 6.31. The van der Waals surface area contributed by atoms with E-state index < -0.39 is 0 Å². The summed E-state index contributed by atoms with van der Waals surface area (Å²) in [6, 6.07) is 1.66. The average molecular weight is 248 g/mol. The van der Waals surface area contributed by atoms with Gasteiger partial charge in [-0.3, -0.25) is 4.90 Å². The molecule has 0 aromatic heterocycles. The van der Waals surface area contributed by atoms with Gasteiger partial charge < -0.3 is 4.74 Å². The van der Waals surface area contributed by atoms with Gasteiger partial charge in [0.1, 0.15) is 0 Å². The van der Waals surface area contributed by atoms with Crippen LogP contribution in [0.4, 0.5) is 0 Å². The molecule has 0 amide bonds. The van der Waals surface area contributed by atoms with Crippen LogP contribution in [0.2, 0.25) is 0 Å². The minimum Gasteiger partial charge on any atom is -0.383 e. The number of hydrogen-bond acceptors (Lipinski definition) is 2. The summed E-state index contributed by atoms with van der Waals surface area (Å²) in [5.74, 6) is 0. The maximum absolute atomic E-state index is 5.14. The number of ether oxygens (including phenoxy) is 1. The highest BCUT2D eigenvalue weighted by molar-refractivity contribution is 9.09. The van der Waals surface area contributed by atoms with E-state index in [1.807, 2.05) is 0 Å². The Balaban J connectivity index is 1.90. The van der Waals surface area contributed by atoms with Gasteiger partial charge in [-0.1, -0.05) is 15.9 Å². The fourth-order valence-electron chi connectivity index (χ4n) is 2.77. The Labute approximate surface area is 88.8 Å². The quantitative estimate of drug-likeness (QED) is 0.708. The summed E-state index contributed by atoms with van der Waals surface area (Å²) in [7, 11) is 1.79. The zero-order chi connectivity index (χ0) is 9.26. The van der Waals surface area contributed by atoms with E-state index in [0.29, 0.717) is 0 Å². The van der Waals surface area contributed by atoms with Crippen LogP contribution >= 0.6 is 15.9 Å². The Morgan fingerprint density at radius 2 is 1.92 bits per heavy atom. The molecular weight excluding hydrogens is 230 g/mol. The molecule has 0 radical (unpaired) electrons. The summed E-state index contributed by atoms with van der Waals surface area (Å²) in [5.41, 5.74) is 0. The summed E-state index contributed by atoms with van der Waals surface area (Å²) >= 11 is 3.75. The topological polar surface area (TPSA) is 12.5 Å². The third-order valence-corrected chi connectivity index (χ3v) is 4.13. The normalized spacial score (nSPS) is 39.7. The van der Waals surface area contributed by atoms with E-state index >= 15 is 0 Å². The predicted molar refractivity (Wildman–Crippen MR) is 57.3 cm³/mol. The van der Waals surface area contributed by atoms with Crippen molar-refractivity contribution in [3.8, 4) is 0 Å². The molecule has 0 N–H and O–H groups in total. The lowest BCUT2D eigenvalue weighted by Gasteiger charge is -2.36. The van der Waals surface area contributed by atoms with Gasteiger partial charge in [0, 0.05) is 30.6 Å². The SMILES string of the molecule is COCCN1C2CCC1CC(Br)C2. The molecule has 2 saturated heterocycles. The van der Waals surface area contributed by atoms with Crippen molar-refractivity contribution in [1.29, 1.82) is 0 Å². The lowest BCUT2D eigenvalue weighted by Crippen LogP contribution is -2.44. The van der Waals surface area contributed by atoms with Crippen molar-refractivity contribution in [2.24, 2.45) is 0 Å². The molecule has 0 saturated carbocycles. The van der Waals surface area contributed by atoms with Gasteiger partial charge in [-0.05, 0) is 25.7 Å². The zero-order valence-corrected chi connectivity index (χ0v) is 9.79. The Hall–Kier alpha value is 0.400. The van der Waals surface area contributed by atoms with Crippen molar-refractivity contribution >= 4 is 15.9 Å². The molecule has 0 aromatic carbocycles. The molecule has 2 aliphatic rings. The van der Waals surface area contributed by atoms with Gasteiger partial charge in [-0.15, -0.1) is 0 Å². The number of rotatable bonds is 3. The Bertz CT molecular complexity index is 162. The number of halogens is 1. The summed E-state index contributed by atoms with van der Waals surface area (Å²) in [4.78, 5) is 3.42. The first-order valence-corrected chi connectivity index (χ1v) is 6.11. The monoisotopic (exact) mass is 247 g/mol. The second kappa shape index (κ2) is 4.28. The summed E-state index contributed by atoms with van der Waals surface area (Å²) in [5, 5.41) is 0. The Morgan fingerprint density at radius 1 is 1.31 bits per heavy atom. The fraction of sp³-hybridized carbons (Fsp3) is 1.00. The molecule has 3 heteroatoms. The van der Waals surface area contributed by atoms with Crippen LogP contribution in [0.1, 0.15) is 25.7 Å². The highest BCUT2D eigenvalue weighted by Crippen LogP contribution is 2.37. The van der Waals surface area contributed by atoms with Gasteiger partial charge >= 0.3 is 0 Å². The minimum atomic E-state index is 0.767. The van der Waals surface area contributed by atoms with Gasteiger partial charge in [0.15, 0.2) is 0 Å². The third-order valence-electron chi connectivity index (χ3n) is 3.38. The number of nitrogens with zero attached hydrogens (tertiary/aromatic N) is 1. The van der Waals surface area contributed by atoms with Crippen molar-refractivity contribution in [1.82, 2.24) is 4.90 Å². The van der Waals surface area contributed by atoms with Gasteiger partial charge in [-0.2, -0.15) is 0 Å². The van der Waals surface area contributed by atoms with Gasteiger partial charge in [0.2, 0.25) is 0 Å². The van der Waals surface area contributed by atoms with Crippen LogP contribution in [-0.4, -0.2) is 42.1 Å². The van der Waals surface area contributed by atoms with Crippen LogP contribution < -0.4 is 0 Å². The summed E-state index contributed by atoms with van der Waals surface area (Å²) in [6.45, 7) is 2.02. The molecule has 2 atom stereocenters. The largest absolute Gasteiger partial charge is 0.383 e. The molecule has 0 aliphatic carbocycles. The molecule has 0 spiro atoms.